The van der Waals surface area contributed by atoms with Crippen LogP contribution in [0.3, 0.4) is 0 Å². The van der Waals surface area contributed by atoms with Crippen LogP contribution in [0.5, 0.6) is 0 Å². The highest BCUT2D eigenvalue weighted by Gasteiger charge is 2.22. The van der Waals surface area contributed by atoms with Crippen molar-refractivity contribution in [1.29, 1.82) is 5.41 Å². The number of aromatic nitrogens is 2. The number of anilines is 3. The molecule has 5 N–H and O–H groups in total. The quantitative estimate of drug-likeness (QED) is 0.0884. The van der Waals surface area contributed by atoms with E-state index in [2.05, 4.69) is 185 Å². The molecule has 0 aliphatic carbocycles. The minimum Gasteiger partial charge on any atom is -0.384 e. The first-order valence-electron chi connectivity index (χ1n) is 22.3. The van der Waals surface area contributed by atoms with Gasteiger partial charge in [-0.15, -0.1) is 0 Å². The van der Waals surface area contributed by atoms with E-state index >= 15 is 0 Å². The second-order valence-corrected chi connectivity index (χ2v) is 16.6. The van der Waals surface area contributed by atoms with Gasteiger partial charge in [0, 0.05) is 56.1 Å². The number of nitrogens with one attached hydrogen (secondary N) is 1. The number of fused-ring (bicyclic) bond motifs is 11. The number of amidine groups is 1. The van der Waals surface area contributed by atoms with Gasteiger partial charge in [-0.3, -0.25) is 5.41 Å². The van der Waals surface area contributed by atoms with Gasteiger partial charge in [-0.05, 0) is 97.1 Å². The molecule has 0 spiro atoms. The highest BCUT2D eigenvalue weighted by atomic mass is 15.1. The Kier molecular flexibility index (Phi) is 11.3. The average molecular weight is 855 g/mol. The van der Waals surface area contributed by atoms with Gasteiger partial charge in [0.2, 0.25) is 0 Å². The lowest BCUT2D eigenvalue weighted by atomic mass is 10.0. The SMILES string of the molecule is Cc1ccc2c(cc3c4ccccc4c4ccccc4n23)c1N(c1ccc(-n2c3ccccc3c3ccccc32)cc1)c1cccc(C(=N)N)c1.Cc1ccccc1.NCc1ccccc1. The number of aryl methyl sites for hydroxylation is 2. The minimum absolute atomic E-state index is 0.0426. The Morgan fingerprint density at radius 3 is 1.53 bits per heavy atom. The van der Waals surface area contributed by atoms with Gasteiger partial charge in [-0.1, -0.05) is 163 Å². The van der Waals surface area contributed by atoms with Gasteiger partial charge < -0.3 is 25.3 Å². The molecule has 12 rings (SSSR count). The molecule has 0 saturated carbocycles. The van der Waals surface area contributed by atoms with Crippen LogP contribution in [0.2, 0.25) is 0 Å². The predicted octanol–water partition coefficient (Wildman–Crippen LogP) is 14.7. The Bertz CT molecular complexity index is 3630. The highest BCUT2D eigenvalue weighted by molar-refractivity contribution is 6.17. The summed E-state index contributed by atoms with van der Waals surface area (Å²) in [6.07, 6.45) is 0. The van der Waals surface area contributed by atoms with Gasteiger partial charge in [-0.2, -0.15) is 0 Å². The molecule has 6 heteroatoms. The Balaban J connectivity index is 0.000000290. The van der Waals surface area contributed by atoms with Crippen molar-refractivity contribution in [2.24, 2.45) is 11.5 Å². The molecule has 0 aliphatic heterocycles. The monoisotopic (exact) mass is 854 g/mol. The molecule has 0 amide bonds. The molecular formula is C60H50N6. The number of nitrogens with two attached hydrogens (primary N) is 2. The van der Waals surface area contributed by atoms with Gasteiger partial charge in [0.05, 0.1) is 33.3 Å². The maximum absolute atomic E-state index is 8.28. The molecule has 0 aliphatic rings. The summed E-state index contributed by atoms with van der Waals surface area (Å²) in [5.74, 6) is 0.0426. The summed E-state index contributed by atoms with van der Waals surface area (Å²) < 4.78 is 4.75. The summed E-state index contributed by atoms with van der Waals surface area (Å²) in [5.41, 5.74) is 25.7. The molecule has 3 aromatic heterocycles. The molecule has 12 aromatic rings. The smallest absolute Gasteiger partial charge is 0.122 e. The van der Waals surface area contributed by atoms with Crippen molar-refractivity contribution in [3.63, 3.8) is 0 Å². The zero-order valence-corrected chi connectivity index (χ0v) is 37.1. The summed E-state index contributed by atoms with van der Waals surface area (Å²) in [4.78, 5) is 2.32. The fraction of sp³-hybridized carbons (Fsp3) is 0.0500. The third-order valence-corrected chi connectivity index (χ3v) is 12.4. The van der Waals surface area contributed by atoms with E-state index < -0.39 is 0 Å². The number of para-hydroxylation sites is 3. The van der Waals surface area contributed by atoms with Gasteiger partial charge in [0.15, 0.2) is 0 Å². The van der Waals surface area contributed by atoms with Gasteiger partial charge in [0.25, 0.3) is 0 Å². The van der Waals surface area contributed by atoms with Crippen molar-refractivity contribution in [3.05, 3.63) is 247 Å². The van der Waals surface area contributed by atoms with Crippen LogP contribution in [-0.4, -0.2) is 14.8 Å². The maximum Gasteiger partial charge on any atom is 0.122 e. The summed E-state index contributed by atoms with van der Waals surface area (Å²) in [7, 11) is 0. The summed E-state index contributed by atoms with van der Waals surface area (Å²) >= 11 is 0. The number of nitrogens with zero attached hydrogens (tertiary/aromatic N) is 3. The largest absolute Gasteiger partial charge is 0.384 e. The zero-order chi connectivity index (χ0) is 45.1. The van der Waals surface area contributed by atoms with Crippen LogP contribution in [0, 0.1) is 19.3 Å². The Labute approximate surface area is 384 Å². The number of benzene rings is 9. The Hall–Kier alpha value is -8.45. The molecule has 0 radical (unpaired) electrons. The first-order chi connectivity index (χ1) is 32.4. The van der Waals surface area contributed by atoms with Crippen molar-refractivity contribution < 1.29 is 0 Å². The highest BCUT2D eigenvalue weighted by Crippen LogP contribution is 2.45. The van der Waals surface area contributed by atoms with Crippen molar-refractivity contribution in [2.75, 3.05) is 4.90 Å². The predicted molar refractivity (Wildman–Crippen MR) is 280 cm³/mol. The molecule has 0 saturated heterocycles. The van der Waals surface area contributed by atoms with Crippen molar-refractivity contribution in [3.8, 4) is 5.69 Å². The second kappa shape index (κ2) is 18.0. The number of hydrogen-bond donors (Lipinski definition) is 3. The van der Waals surface area contributed by atoms with E-state index in [1.165, 1.54) is 60.1 Å². The first-order valence-corrected chi connectivity index (χ1v) is 22.3. The maximum atomic E-state index is 8.28. The zero-order valence-electron chi connectivity index (χ0n) is 37.1. The van der Waals surface area contributed by atoms with E-state index in [0.717, 1.165) is 39.2 Å². The molecule has 3 heterocycles. The lowest BCUT2D eigenvalue weighted by molar-refractivity contribution is 1.07. The number of nitrogen functional groups attached to an aromatic ring is 1. The minimum atomic E-state index is 0.0426. The topological polar surface area (TPSA) is 88.5 Å². The van der Waals surface area contributed by atoms with Crippen LogP contribution in [-0.2, 0) is 6.54 Å². The third-order valence-electron chi connectivity index (χ3n) is 12.4. The fourth-order valence-corrected chi connectivity index (χ4v) is 9.29. The normalized spacial score (nSPS) is 11.1. The molecule has 66 heavy (non-hydrogen) atoms. The van der Waals surface area contributed by atoms with Gasteiger partial charge in [0.1, 0.15) is 5.84 Å². The van der Waals surface area contributed by atoms with E-state index in [9.17, 15) is 0 Å². The lowest BCUT2D eigenvalue weighted by Gasteiger charge is -2.28. The van der Waals surface area contributed by atoms with E-state index in [4.69, 9.17) is 16.9 Å². The standard InChI is InChI=1S/C46H33N5.C7H9N.C7H8/c1-29-21-26-43-39(28-44-36-15-3-2-13-34(36)35-14-4-9-20-42(35)51(43)44)45(29)49(33-12-10-11-30(27-33)46(47)48)31-22-24-32(25-23-31)50-40-18-7-5-16-37(40)38-17-6-8-19-41(38)50;8-6-7-4-2-1-3-5-7;1-7-5-3-2-4-6-7/h2-28H,1H3,(H3,47,48);1-5H,6,8H2;2-6H,1H3. The van der Waals surface area contributed by atoms with Crippen LogP contribution in [0.25, 0.3) is 65.6 Å². The molecule has 0 unspecified atom stereocenters. The third kappa shape index (κ3) is 7.70. The second-order valence-electron chi connectivity index (χ2n) is 16.6. The molecule has 0 bridgehead atoms. The Morgan fingerprint density at radius 2 is 0.970 bits per heavy atom. The summed E-state index contributed by atoms with van der Waals surface area (Å²) in [6, 6.07) is 78.5. The number of pyridine rings is 1. The van der Waals surface area contributed by atoms with Crippen LogP contribution >= 0.6 is 0 Å². The van der Waals surface area contributed by atoms with Crippen LogP contribution < -0.4 is 16.4 Å². The van der Waals surface area contributed by atoms with Crippen LogP contribution in [0.4, 0.5) is 17.1 Å². The van der Waals surface area contributed by atoms with Crippen molar-refractivity contribution in [1.82, 2.24) is 8.97 Å². The number of rotatable bonds is 6. The summed E-state index contributed by atoms with van der Waals surface area (Å²) in [5, 5.41) is 15.6. The van der Waals surface area contributed by atoms with E-state index in [0.29, 0.717) is 12.1 Å². The fourth-order valence-electron chi connectivity index (χ4n) is 9.29. The first kappa shape index (κ1) is 41.6. The Morgan fingerprint density at radius 1 is 0.455 bits per heavy atom. The molecular weight excluding hydrogens is 805 g/mol. The van der Waals surface area contributed by atoms with Crippen molar-refractivity contribution in [2.45, 2.75) is 20.4 Å². The lowest BCUT2D eigenvalue weighted by Crippen LogP contribution is -2.15. The average Bonchev–Trinajstić information content (AvgIpc) is 3.93. The van der Waals surface area contributed by atoms with Gasteiger partial charge >= 0.3 is 0 Å². The molecule has 6 nitrogen and oxygen atoms in total. The molecule has 0 atom stereocenters. The number of hydrogen-bond acceptors (Lipinski definition) is 3. The van der Waals surface area contributed by atoms with Crippen molar-refractivity contribution >= 4 is 82.8 Å². The van der Waals surface area contributed by atoms with E-state index in [1.54, 1.807) is 0 Å². The summed E-state index contributed by atoms with van der Waals surface area (Å²) in [6.45, 7) is 4.91. The molecule has 320 valence electrons. The van der Waals surface area contributed by atoms with Gasteiger partial charge in [-0.25, -0.2) is 0 Å². The van der Waals surface area contributed by atoms with E-state index in [1.807, 2.05) is 66.7 Å². The van der Waals surface area contributed by atoms with Crippen LogP contribution in [0.15, 0.2) is 224 Å². The molecule has 9 aromatic carbocycles. The molecule has 0 fully saturated rings. The van der Waals surface area contributed by atoms with Crippen LogP contribution in [0.1, 0.15) is 22.3 Å². The van der Waals surface area contributed by atoms with E-state index in [-0.39, 0.29) is 5.84 Å².